The maximum absolute atomic E-state index is 7.76. The Labute approximate surface area is 95.2 Å². The van der Waals surface area contributed by atoms with Crippen LogP contribution in [0, 0.1) is 0 Å². The van der Waals surface area contributed by atoms with Gasteiger partial charge in [0.1, 0.15) is 0 Å². The maximum atomic E-state index is 7.76. The highest BCUT2D eigenvalue weighted by atomic mass is 16.9. The SMILES string of the molecule is [2H]C([2H])([2H])C1([2H])OC([2H])(C([2H])([2H])[2H])OC([2H])(C([2H])([2H])[2H])OC([2H])(C([2H])([2H])[2H])O1. The molecule has 0 radical (unpaired) electrons. The summed E-state index contributed by atoms with van der Waals surface area (Å²) in [6.07, 6.45) is -16.2. The third-order valence-corrected chi connectivity index (χ3v) is 0.742. The first kappa shape index (κ1) is 1.80. The van der Waals surface area contributed by atoms with E-state index < -0.39 is 52.5 Å². The van der Waals surface area contributed by atoms with Gasteiger partial charge in [0, 0.05) is 16.4 Å². The van der Waals surface area contributed by atoms with Gasteiger partial charge in [-0.2, -0.15) is 0 Å². The van der Waals surface area contributed by atoms with Crippen LogP contribution in [0.2, 0.25) is 0 Å². The molecule has 12 heavy (non-hydrogen) atoms. The van der Waals surface area contributed by atoms with Crippen LogP contribution in [0.4, 0.5) is 0 Å². The lowest BCUT2D eigenvalue weighted by molar-refractivity contribution is -0.367. The van der Waals surface area contributed by atoms with Crippen molar-refractivity contribution < 1.29 is 40.9 Å². The minimum atomic E-state index is -4.05. The van der Waals surface area contributed by atoms with Gasteiger partial charge in [-0.25, -0.2) is 0 Å². The number of rotatable bonds is 0. The van der Waals surface area contributed by atoms with Gasteiger partial charge in [0.25, 0.3) is 0 Å². The van der Waals surface area contributed by atoms with Gasteiger partial charge in [-0.1, -0.05) is 0 Å². The van der Waals surface area contributed by atoms with Gasteiger partial charge in [0.05, 0.1) is 5.48 Å². The summed E-state index contributed by atoms with van der Waals surface area (Å²) in [4.78, 5) is 0. The molecule has 0 atom stereocenters. The highest BCUT2D eigenvalue weighted by Crippen LogP contribution is 2.13. The summed E-state index contributed by atoms with van der Waals surface area (Å²) in [5.41, 5.74) is 0. The highest BCUT2D eigenvalue weighted by Gasteiger charge is 2.21. The molecule has 0 aromatic rings. The molecule has 0 aliphatic carbocycles. The van der Waals surface area contributed by atoms with Crippen LogP contribution in [0.3, 0.4) is 0 Å². The van der Waals surface area contributed by atoms with E-state index in [1.165, 1.54) is 0 Å². The lowest BCUT2D eigenvalue weighted by atomic mass is 10.6. The lowest BCUT2D eigenvalue weighted by Crippen LogP contribution is -2.35. The molecular weight excluding hydrogens is 160 g/mol. The van der Waals surface area contributed by atoms with Crippen LogP contribution in [0.1, 0.15) is 49.3 Å². The molecule has 4 heteroatoms. The van der Waals surface area contributed by atoms with E-state index in [4.69, 9.17) is 21.9 Å². The molecule has 1 saturated heterocycles. The predicted molar refractivity (Wildman–Crippen MR) is 42.2 cm³/mol. The van der Waals surface area contributed by atoms with Crippen LogP contribution in [0.25, 0.3) is 0 Å². The molecule has 0 amide bonds. The summed E-state index contributed by atoms with van der Waals surface area (Å²) in [6, 6.07) is 0. The molecular formula is C8H16O4. The van der Waals surface area contributed by atoms with Gasteiger partial charge >= 0.3 is 0 Å². The van der Waals surface area contributed by atoms with E-state index in [1.807, 2.05) is 0 Å². The first-order valence-electron chi connectivity index (χ1n) is 10.6. The molecule has 0 bridgehead atoms. The summed E-state index contributed by atoms with van der Waals surface area (Å²) < 4.78 is 136. The van der Waals surface area contributed by atoms with Crippen LogP contribution in [0.5, 0.6) is 0 Å². The molecule has 1 heterocycles. The summed E-state index contributed by atoms with van der Waals surface area (Å²) in [5, 5.41) is 0. The zero-order chi connectivity index (χ0) is 22.8. The first-order valence-corrected chi connectivity index (χ1v) is 2.63. The monoisotopic (exact) mass is 192 g/mol. The summed E-state index contributed by atoms with van der Waals surface area (Å²) in [6.45, 7) is -15.3. The topological polar surface area (TPSA) is 36.9 Å². The second-order valence-corrected chi connectivity index (χ2v) is 1.56. The summed E-state index contributed by atoms with van der Waals surface area (Å²) >= 11 is 0. The molecule has 0 spiro atoms. The molecule has 1 aliphatic heterocycles. The zero-order valence-corrected chi connectivity index (χ0v) is 5.63. The predicted octanol–water partition coefficient (Wildman–Crippen LogP) is 1.45. The average molecular weight is 192 g/mol. The van der Waals surface area contributed by atoms with Crippen molar-refractivity contribution in [2.24, 2.45) is 0 Å². The van der Waals surface area contributed by atoms with Gasteiger partial charge in [0.15, 0.2) is 25.1 Å². The van der Waals surface area contributed by atoms with Crippen molar-refractivity contribution >= 4 is 0 Å². The van der Waals surface area contributed by atoms with E-state index in [2.05, 4.69) is 18.9 Å². The Hall–Kier alpha value is -0.160. The fourth-order valence-electron chi connectivity index (χ4n) is 0.420. The standard InChI is InChI=1S/C8H16O4/c1-5-9-6(2)11-8(4)12-7(3)10-5/h5-8H,1-4H3/i1D3,2D3,3D3,4D3,5D,6D,7D,8D. The van der Waals surface area contributed by atoms with Crippen molar-refractivity contribution in [3.8, 4) is 0 Å². The van der Waals surface area contributed by atoms with Crippen LogP contribution in [-0.2, 0) is 18.9 Å². The van der Waals surface area contributed by atoms with E-state index in [0.717, 1.165) is 0 Å². The molecule has 4 nitrogen and oxygen atoms in total. The molecule has 72 valence electrons. The van der Waals surface area contributed by atoms with Gasteiger partial charge < -0.3 is 18.9 Å². The van der Waals surface area contributed by atoms with Crippen LogP contribution in [-0.4, -0.2) is 25.1 Å². The van der Waals surface area contributed by atoms with Gasteiger partial charge in [0.2, 0.25) is 0 Å². The van der Waals surface area contributed by atoms with Crippen molar-refractivity contribution in [1.82, 2.24) is 0 Å². The molecule has 0 saturated carbocycles. The minimum Gasteiger partial charge on any atom is -0.324 e. The first-order chi connectivity index (χ1) is 11.8. The van der Waals surface area contributed by atoms with Gasteiger partial charge in [-0.05, 0) is 27.4 Å². The lowest BCUT2D eigenvalue weighted by Gasteiger charge is -2.30. The average Bonchev–Trinajstić information content (AvgIpc) is 2.30. The Kier molecular flexibility index (Phi) is 0.626. The van der Waals surface area contributed by atoms with E-state index in [1.54, 1.807) is 0 Å². The Balaban J connectivity index is 3.80. The van der Waals surface area contributed by atoms with E-state index >= 15 is 0 Å². The third-order valence-electron chi connectivity index (χ3n) is 0.742. The van der Waals surface area contributed by atoms with Crippen LogP contribution in [0.15, 0.2) is 0 Å². The third kappa shape index (κ3) is 3.06. The van der Waals surface area contributed by atoms with Crippen molar-refractivity contribution in [1.29, 1.82) is 0 Å². The molecule has 0 N–H and O–H groups in total. The summed E-state index contributed by atoms with van der Waals surface area (Å²) in [5.74, 6) is 0. The molecule has 0 aromatic carbocycles. The second-order valence-electron chi connectivity index (χ2n) is 1.56. The zero-order valence-electron chi connectivity index (χ0n) is 21.6. The Morgan fingerprint density at radius 3 is 1.17 bits per heavy atom. The number of hydrogen-bond donors (Lipinski definition) is 0. The number of hydrogen-bond acceptors (Lipinski definition) is 4. The van der Waals surface area contributed by atoms with Crippen molar-refractivity contribution in [3.63, 3.8) is 0 Å². The molecule has 1 fully saturated rings. The van der Waals surface area contributed by atoms with E-state index in [-0.39, 0.29) is 0 Å². The van der Waals surface area contributed by atoms with Gasteiger partial charge in [-0.15, -0.1) is 0 Å². The van der Waals surface area contributed by atoms with Crippen molar-refractivity contribution in [2.45, 2.75) is 52.5 Å². The smallest absolute Gasteiger partial charge is 0.161 e. The van der Waals surface area contributed by atoms with Crippen LogP contribution >= 0.6 is 0 Å². The van der Waals surface area contributed by atoms with Crippen molar-refractivity contribution in [2.75, 3.05) is 0 Å². The Morgan fingerprint density at radius 2 is 1.00 bits per heavy atom. The number of ether oxygens (including phenoxy) is 4. The highest BCUT2D eigenvalue weighted by molar-refractivity contribution is 4.45. The van der Waals surface area contributed by atoms with Crippen molar-refractivity contribution in [3.05, 3.63) is 0 Å². The molecule has 1 rings (SSSR count). The van der Waals surface area contributed by atoms with E-state index in [0.29, 0.717) is 0 Å². The molecule has 1 aliphatic rings. The van der Waals surface area contributed by atoms with Gasteiger partial charge in [-0.3, -0.25) is 0 Å². The molecule has 0 unspecified atom stereocenters. The quantitative estimate of drug-likeness (QED) is 0.582. The fraction of sp³-hybridized carbons (Fsp3) is 1.00. The largest absolute Gasteiger partial charge is 0.324 e. The fourth-order valence-corrected chi connectivity index (χ4v) is 0.420. The van der Waals surface area contributed by atoms with Crippen LogP contribution < -0.4 is 0 Å². The second kappa shape index (κ2) is 4.18. The summed E-state index contributed by atoms with van der Waals surface area (Å²) in [7, 11) is 0. The normalized spacial score (nSPS) is 93.3. The van der Waals surface area contributed by atoms with E-state index in [9.17, 15) is 0 Å². The minimum absolute atomic E-state index is 3.84. The maximum Gasteiger partial charge on any atom is 0.161 e. The Bertz CT molecular complexity index is 473. The Morgan fingerprint density at radius 1 is 0.750 bits per heavy atom. The molecule has 0 aromatic heterocycles.